The molecule has 0 aliphatic heterocycles. The second kappa shape index (κ2) is 6.34. The lowest BCUT2D eigenvalue weighted by molar-refractivity contribution is 0.0919. The molecule has 0 radical (unpaired) electrons. The molecule has 1 heterocycles. The molecule has 18 heavy (non-hydrogen) atoms. The van der Waals surface area contributed by atoms with Gasteiger partial charge in [-0.2, -0.15) is 0 Å². The summed E-state index contributed by atoms with van der Waals surface area (Å²) in [5.41, 5.74) is 5.82. The van der Waals surface area contributed by atoms with Crippen LogP contribution >= 0.6 is 11.3 Å². The Labute approximate surface area is 113 Å². The van der Waals surface area contributed by atoms with E-state index in [1.54, 1.807) is 11.3 Å². The van der Waals surface area contributed by atoms with Crippen molar-refractivity contribution in [1.29, 1.82) is 0 Å². The van der Waals surface area contributed by atoms with E-state index in [-0.39, 0.29) is 11.9 Å². The minimum atomic E-state index is 0.0362. The first-order valence-electron chi connectivity index (χ1n) is 6.78. The highest BCUT2D eigenvalue weighted by atomic mass is 32.1. The second-order valence-corrected chi connectivity index (χ2v) is 6.41. The van der Waals surface area contributed by atoms with E-state index in [4.69, 9.17) is 5.73 Å². The molecule has 1 aromatic rings. The Morgan fingerprint density at radius 3 is 2.72 bits per heavy atom. The summed E-state index contributed by atoms with van der Waals surface area (Å²) >= 11 is 1.54. The molecule has 0 bridgehead atoms. The minimum absolute atomic E-state index is 0.0362. The average molecular weight is 266 g/mol. The highest BCUT2D eigenvalue weighted by molar-refractivity contribution is 7.13. The summed E-state index contributed by atoms with van der Waals surface area (Å²) in [4.78, 5) is 14.1. The van der Waals surface area contributed by atoms with E-state index in [1.165, 1.54) is 37.0 Å². The smallest absolute Gasteiger partial charge is 0.261 e. The molecule has 1 aromatic heterocycles. The van der Waals surface area contributed by atoms with E-state index < -0.39 is 0 Å². The van der Waals surface area contributed by atoms with Crippen LogP contribution in [0.2, 0.25) is 0 Å². The van der Waals surface area contributed by atoms with Crippen LogP contribution in [0.5, 0.6) is 0 Å². The van der Waals surface area contributed by atoms with Crippen molar-refractivity contribution in [3.8, 4) is 0 Å². The summed E-state index contributed by atoms with van der Waals surface area (Å²) in [6, 6.07) is 4.02. The predicted molar refractivity (Wildman–Crippen MR) is 75.9 cm³/mol. The number of carbonyl (C=O) groups excluding carboxylic acids is 1. The fraction of sp³-hybridized carbons (Fsp3) is 0.643. The van der Waals surface area contributed by atoms with Crippen LogP contribution in [-0.2, 0) is 0 Å². The van der Waals surface area contributed by atoms with E-state index in [0.717, 1.165) is 4.88 Å². The van der Waals surface area contributed by atoms with Crippen molar-refractivity contribution in [2.75, 3.05) is 6.54 Å². The van der Waals surface area contributed by atoms with Crippen molar-refractivity contribution in [3.63, 3.8) is 0 Å². The van der Waals surface area contributed by atoms with Crippen molar-refractivity contribution >= 4 is 17.2 Å². The highest BCUT2D eigenvalue weighted by Gasteiger charge is 2.24. The minimum Gasteiger partial charge on any atom is -0.347 e. The van der Waals surface area contributed by atoms with Gasteiger partial charge in [-0.25, -0.2) is 0 Å². The van der Waals surface area contributed by atoms with Crippen LogP contribution in [0.3, 0.4) is 0 Å². The molecule has 1 amide bonds. The average Bonchev–Trinajstić information content (AvgIpc) is 2.83. The highest BCUT2D eigenvalue weighted by Crippen LogP contribution is 2.26. The molecule has 100 valence electrons. The van der Waals surface area contributed by atoms with Gasteiger partial charge in [-0.1, -0.05) is 19.3 Å². The van der Waals surface area contributed by atoms with E-state index in [9.17, 15) is 4.79 Å². The van der Waals surface area contributed by atoms with Crippen molar-refractivity contribution in [2.45, 2.75) is 45.1 Å². The van der Waals surface area contributed by atoms with Gasteiger partial charge in [0, 0.05) is 17.5 Å². The third kappa shape index (κ3) is 3.33. The zero-order valence-corrected chi connectivity index (χ0v) is 11.8. The van der Waals surface area contributed by atoms with Crippen LogP contribution in [0.1, 0.15) is 46.7 Å². The Bertz CT molecular complexity index is 396. The van der Waals surface area contributed by atoms with Gasteiger partial charge >= 0.3 is 0 Å². The summed E-state index contributed by atoms with van der Waals surface area (Å²) in [5.74, 6) is 0.600. The lowest BCUT2D eigenvalue weighted by Gasteiger charge is -2.29. The molecule has 2 rings (SSSR count). The fourth-order valence-electron chi connectivity index (χ4n) is 2.70. The quantitative estimate of drug-likeness (QED) is 0.880. The summed E-state index contributed by atoms with van der Waals surface area (Å²) in [6.45, 7) is 2.56. The zero-order valence-electron chi connectivity index (χ0n) is 10.9. The van der Waals surface area contributed by atoms with Crippen LogP contribution in [0.4, 0.5) is 0 Å². The molecule has 1 unspecified atom stereocenters. The second-order valence-electron chi connectivity index (χ2n) is 5.12. The topological polar surface area (TPSA) is 55.1 Å². The zero-order chi connectivity index (χ0) is 13.0. The number of hydrogen-bond acceptors (Lipinski definition) is 3. The molecule has 3 nitrogen and oxygen atoms in total. The largest absolute Gasteiger partial charge is 0.347 e. The first kappa shape index (κ1) is 13.6. The van der Waals surface area contributed by atoms with E-state index in [2.05, 4.69) is 5.32 Å². The summed E-state index contributed by atoms with van der Waals surface area (Å²) in [6.07, 6.45) is 6.27. The van der Waals surface area contributed by atoms with Crippen molar-refractivity contribution < 1.29 is 4.79 Å². The first-order chi connectivity index (χ1) is 8.70. The maximum Gasteiger partial charge on any atom is 0.261 e. The van der Waals surface area contributed by atoms with Crippen molar-refractivity contribution in [1.82, 2.24) is 5.32 Å². The van der Waals surface area contributed by atoms with Gasteiger partial charge < -0.3 is 11.1 Å². The summed E-state index contributed by atoms with van der Waals surface area (Å²) < 4.78 is 0. The number of carbonyl (C=O) groups is 1. The van der Waals surface area contributed by atoms with E-state index >= 15 is 0 Å². The van der Waals surface area contributed by atoms with Crippen LogP contribution < -0.4 is 11.1 Å². The number of thiophene rings is 1. The fourth-order valence-corrected chi connectivity index (χ4v) is 3.47. The van der Waals surface area contributed by atoms with Crippen molar-refractivity contribution in [2.24, 2.45) is 11.7 Å². The molecule has 0 spiro atoms. The third-order valence-electron chi connectivity index (χ3n) is 3.75. The summed E-state index contributed by atoms with van der Waals surface area (Å²) in [5, 5.41) is 3.11. The lowest BCUT2D eigenvalue weighted by atomic mass is 9.84. The van der Waals surface area contributed by atoms with Gasteiger partial charge in [0.25, 0.3) is 5.91 Å². The lowest BCUT2D eigenvalue weighted by Crippen LogP contribution is -2.45. The Kier molecular flexibility index (Phi) is 4.78. The molecule has 3 N–H and O–H groups in total. The first-order valence-corrected chi connectivity index (χ1v) is 7.59. The van der Waals surface area contributed by atoms with Gasteiger partial charge in [0.05, 0.1) is 4.88 Å². The predicted octanol–water partition coefficient (Wildman–Crippen LogP) is 2.69. The van der Waals surface area contributed by atoms with Crippen molar-refractivity contribution in [3.05, 3.63) is 21.9 Å². The molecular formula is C14H22N2OS. The van der Waals surface area contributed by atoms with Gasteiger partial charge in [0.1, 0.15) is 0 Å². The molecular weight excluding hydrogens is 244 g/mol. The number of rotatable bonds is 4. The molecule has 1 aliphatic rings. The van der Waals surface area contributed by atoms with Crippen LogP contribution in [0.15, 0.2) is 12.1 Å². The Balaban J connectivity index is 1.95. The number of nitrogens with one attached hydrogen (secondary N) is 1. The number of amides is 1. The number of nitrogens with two attached hydrogens (primary N) is 1. The molecule has 1 atom stereocenters. The van der Waals surface area contributed by atoms with Gasteiger partial charge in [0.2, 0.25) is 0 Å². The van der Waals surface area contributed by atoms with Crippen LogP contribution in [-0.4, -0.2) is 18.5 Å². The molecule has 1 fully saturated rings. The molecule has 4 heteroatoms. The number of hydrogen-bond donors (Lipinski definition) is 2. The monoisotopic (exact) mass is 266 g/mol. The van der Waals surface area contributed by atoms with E-state index in [0.29, 0.717) is 12.5 Å². The Morgan fingerprint density at radius 2 is 2.17 bits per heavy atom. The normalized spacial score (nSPS) is 18.6. The van der Waals surface area contributed by atoms with Gasteiger partial charge in [-0.05, 0) is 37.8 Å². The van der Waals surface area contributed by atoms with E-state index in [1.807, 2.05) is 19.1 Å². The number of aryl methyl sites for hydroxylation is 1. The Morgan fingerprint density at radius 1 is 1.44 bits per heavy atom. The maximum absolute atomic E-state index is 12.1. The maximum atomic E-state index is 12.1. The molecule has 1 aliphatic carbocycles. The molecule has 1 saturated carbocycles. The Hall–Kier alpha value is -0.870. The van der Waals surface area contributed by atoms with Gasteiger partial charge in [0.15, 0.2) is 0 Å². The SMILES string of the molecule is Cc1ccc(C(=O)NC(CN)C2CCCCC2)s1. The van der Waals surface area contributed by atoms with Crippen LogP contribution in [0.25, 0.3) is 0 Å². The van der Waals surface area contributed by atoms with Crippen LogP contribution in [0, 0.1) is 12.8 Å². The molecule has 0 saturated heterocycles. The summed E-state index contributed by atoms with van der Waals surface area (Å²) in [7, 11) is 0. The third-order valence-corrected chi connectivity index (χ3v) is 4.75. The van der Waals surface area contributed by atoms with Gasteiger partial charge in [-0.3, -0.25) is 4.79 Å². The molecule has 0 aromatic carbocycles. The van der Waals surface area contributed by atoms with Gasteiger partial charge in [-0.15, -0.1) is 11.3 Å². The standard InChI is InChI=1S/C14H22N2OS/c1-10-7-8-13(18-10)14(17)16-12(9-15)11-5-3-2-4-6-11/h7-8,11-12H,2-6,9,15H2,1H3,(H,16,17).